The first-order chi connectivity index (χ1) is 12.2. The molecule has 25 heavy (non-hydrogen) atoms. The van der Waals surface area contributed by atoms with E-state index in [-0.39, 0.29) is 11.8 Å². The van der Waals surface area contributed by atoms with Crippen molar-refractivity contribution in [3.63, 3.8) is 0 Å². The van der Waals surface area contributed by atoms with Crippen molar-refractivity contribution < 1.29 is 9.59 Å². The van der Waals surface area contributed by atoms with Gasteiger partial charge >= 0.3 is 0 Å². The summed E-state index contributed by atoms with van der Waals surface area (Å²) in [7, 11) is 0. The summed E-state index contributed by atoms with van der Waals surface area (Å²) >= 11 is 0. The van der Waals surface area contributed by atoms with Crippen molar-refractivity contribution >= 4 is 23.5 Å². The Hall–Kier alpha value is -3.03. The fourth-order valence-corrected chi connectivity index (χ4v) is 2.65. The molecular weight excluding hydrogens is 320 g/mol. The smallest absolute Gasteiger partial charge is 0.251 e. The number of hydrogen-bond acceptors (Lipinski definition) is 6. The molecule has 1 saturated heterocycles. The predicted octanol–water partition coefficient (Wildman–Crippen LogP) is 1.36. The van der Waals surface area contributed by atoms with Crippen LogP contribution < -0.4 is 10.6 Å². The van der Waals surface area contributed by atoms with Crippen LogP contribution in [0.3, 0.4) is 0 Å². The van der Waals surface area contributed by atoms with Crippen LogP contribution >= 0.6 is 0 Å². The summed E-state index contributed by atoms with van der Waals surface area (Å²) in [6.45, 7) is 2.05. The number of pyridine rings is 1. The van der Waals surface area contributed by atoms with Crippen molar-refractivity contribution in [2.75, 3.05) is 25.0 Å². The first-order valence-electron chi connectivity index (χ1n) is 8.27. The summed E-state index contributed by atoms with van der Waals surface area (Å²) in [5, 5.41) is 5.89. The van der Waals surface area contributed by atoms with Crippen molar-refractivity contribution in [3.05, 3.63) is 42.5 Å². The molecule has 130 valence electrons. The Balaban J connectivity index is 1.48. The monoisotopic (exact) mass is 340 g/mol. The maximum absolute atomic E-state index is 12.2. The SMILES string of the molecule is O=C(NCCCN1CCCC1=O)c1ccnc(Nc2ccncn2)c1. The highest BCUT2D eigenvalue weighted by molar-refractivity contribution is 5.94. The molecule has 0 aliphatic carbocycles. The quantitative estimate of drug-likeness (QED) is 0.738. The van der Waals surface area contributed by atoms with Gasteiger partial charge in [0.15, 0.2) is 0 Å². The first-order valence-corrected chi connectivity index (χ1v) is 8.27. The summed E-state index contributed by atoms with van der Waals surface area (Å²) in [6.07, 6.45) is 6.95. The fraction of sp³-hybridized carbons (Fsp3) is 0.353. The Morgan fingerprint density at radius 3 is 2.88 bits per heavy atom. The Labute approximate surface area is 145 Å². The Kier molecular flexibility index (Phi) is 5.50. The zero-order chi connectivity index (χ0) is 17.5. The van der Waals surface area contributed by atoms with Gasteiger partial charge in [-0.15, -0.1) is 0 Å². The molecule has 1 fully saturated rings. The average molecular weight is 340 g/mol. The van der Waals surface area contributed by atoms with E-state index in [2.05, 4.69) is 25.6 Å². The highest BCUT2D eigenvalue weighted by Gasteiger charge is 2.19. The third-order valence-corrected chi connectivity index (χ3v) is 3.92. The second-order valence-corrected chi connectivity index (χ2v) is 5.74. The molecule has 2 aromatic heterocycles. The van der Waals surface area contributed by atoms with E-state index < -0.39 is 0 Å². The number of rotatable bonds is 7. The average Bonchev–Trinajstić information content (AvgIpc) is 3.04. The number of amides is 2. The van der Waals surface area contributed by atoms with Crippen LogP contribution in [-0.4, -0.2) is 51.3 Å². The summed E-state index contributed by atoms with van der Waals surface area (Å²) < 4.78 is 0. The third-order valence-electron chi connectivity index (χ3n) is 3.92. The number of nitrogens with one attached hydrogen (secondary N) is 2. The number of aromatic nitrogens is 3. The van der Waals surface area contributed by atoms with Gasteiger partial charge in [-0.05, 0) is 31.0 Å². The lowest BCUT2D eigenvalue weighted by Crippen LogP contribution is -2.30. The van der Waals surface area contributed by atoms with Gasteiger partial charge in [0.25, 0.3) is 5.91 Å². The van der Waals surface area contributed by atoms with E-state index in [0.717, 1.165) is 19.4 Å². The molecule has 1 aliphatic heterocycles. The summed E-state index contributed by atoms with van der Waals surface area (Å²) in [6, 6.07) is 5.04. The lowest BCUT2D eigenvalue weighted by atomic mass is 10.2. The molecule has 8 nitrogen and oxygen atoms in total. The number of carbonyl (C=O) groups is 2. The van der Waals surface area contributed by atoms with Crippen molar-refractivity contribution in [1.29, 1.82) is 0 Å². The van der Waals surface area contributed by atoms with Crippen LogP contribution in [0, 0.1) is 0 Å². The molecule has 0 atom stereocenters. The second kappa shape index (κ2) is 8.18. The van der Waals surface area contributed by atoms with E-state index >= 15 is 0 Å². The van der Waals surface area contributed by atoms with E-state index in [1.165, 1.54) is 6.33 Å². The molecule has 0 saturated carbocycles. The van der Waals surface area contributed by atoms with Crippen LogP contribution in [0.4, 0.5) is 11.6 Å². The van der Waals surface area contributed by atoms with Crippen LogP contribution in [0.25, 0.3) is 0 Å². The van der Waals surface area contributed by atoms with E-state index in [1.54, 1.807) is 30.6 Å². The van der Waals surface area contributed by atoms with Gasteiger partial charge in [0.1, 0.15) is 18.0 Å². The van der Waals surface area contributed by atoms with Gasteiger partial charge in [-0.1, -0.05) is 0 Å². The topological polar surface area (TPSA) is 100 Å². The summed E-state index contributed by atoms with van der Waals surface area (Å²) in [4.78, 5) is 37.7. The fourth-order valence-electron chi connectivity index (χ4n) is 2.65. The minimum Gasteiger partial charge on any atom is -0.352 e. The Morgan fingerprint density at radius 1 is 1.20 bits per heavy atom. The van der Waals surface area contributed by atoms with E-state index in [9.17, 15) is 9.59 Å². The van der Waals surface area contributed by atoms with Crippen molar-refractivity contribution in [2.24, 2.45) is 0 Å². The normalized spacial score (nSPS) is 13.8. The first kappa shape index (κ1) is 16.8. The number of hydrogen-bond donors (Lipinski definition) is 2. The molecule has 0 aromatic carbocycles. The maximum atomic E-state index is 12.2. The molecule has 0 radical (unpaired) electrons. The van der Waals surface area contributed by atoms with Gasteiger partial charge in [-0.25, -0.2) is 15.0 Å². The maximum Gasteiger partial charge on any atom is 0.251 e. The molecule has 8 heteroatoms. The zero-order valence-electron chi connectivity index (χ0n) is 13.8. The molecular formula is C17H20N6O2. The molecule has 2 amide bonds. The summed E-state index contributed by atoms with van der Waals surface area (Å²) in [5.41, 5.74) is 0.517. The van der Waals surface area contributed by atoms with Crippen LogP contribution in [0.15, 0.2) is 36.9 Å². The minimum absolute atomic E-state index is 0.166. The standard InChI is InChI=1S/C17H20N6O2/c24-16-3-1-9-23(16)10-2-6-20-17(25)13-4-8-19-15(11-13)22-14-5-7-18-12-21-14/h4-5,7-8,11-12H,1-3,6,9-10H2,(H,20,25)(H,18,19,21,22). The van der Waals surface area contributed by atoms with Crippen LogP contribution in [-0.2, 0) is 4.79 Å². The van der Waals surface area contributed by atoms with Gasteiger partial charge in [-0.3, -0.25) is 9.59 Å². The van der Waals surface area contributed by atoms with E-state index in [0.29, 0.717) is 36.7 Å². The third kappa shape index (κ3) is 4.72. The van der Waals surface area contributed by atoms with Crippen LogP contribution in [0.5, 0.6) is 0 Å². The second-order valence-electron chi connectivity index (χ2n) is 5.74. The Morgan fingerprint density at radius 2 is 2.12 bits per heavy atom. The van der Waals surface area contributed by atoms with E-state index in [4.69, 9.17) is 0 Å². The van der Waals surface area contributed by atoms with Crippen molar-refractivity contribution in [3.8, 4) is 0 Å². The molecule has 0 bridgehead atoms. The van der Waals surface area contributed by atoms with Gasteiger partial charge in [-0.2, -0.15) is 0 Å². The minimum atomic E-state index is -0.166. The van der Waals surface area contributed by atoms with Gasteiger partial charge in [0.05, 0.1) is 0 Å². The highest BCUT2D eigenvalue weighted by Crippen LogP contribution is 2.12. The highest BCUT2D eigenvalue weighted by atomic mass is 16.2. The predicted molar refractivity (Wildman–Crippen MR) is 92.3 cm³/mol. The molecule has 2 N–H and O–H groups in total. The summed E-state index contributed by atoms with van der Waals surface area (Å²) in [5.74, 6) is 1.19. The van der Waals surface area contributed by atoms with Crippen molar-refractivity contribution in [1.82, 2.24) is 25.2 Å². The molecule has 3 rings (SSSR count). The molecule has 2 aromatic rings. The Bertz CT molecular complexity index is 737. The van der Waals surface area contributed by atoms with Crippen LogP contribution in [0.1, 0.15) is 29.6 Å². The number of carbonyl (C=O) groups excluding carboxylic acids is 2. The number of nitrogens with zero attached hydrogens (tertiary/aromatic N) is 4. The molecule has 0 spiro atoms. The molecule has 0 unspecified atom stereocenters. The van der Waals surface area contributed by atoms with Crippen molar-refractivity contribution in [2.45, 2.75) is 19.3 Å². The lowest BCUT2D eigenvalue weighted by Gasteiger charge is -2.15. The number of anilines is 2. The molecule has 3 heterocycles. The van der Waals surface area contributed by atoms with Gasteiger partial charge < -0.3 is 15.5 Å². The largest absolute Gasteiger partial charge is 0.352 e. The van der Waals surface area contributed by atoms with Crippen LogP contribution in [0.2, 0.25) is 0 Å². The van der Waals surface area contributed by atoms with Gasteiger partial charge in [0, 0.05) is 44.0 Å². The van der Waals surface area contributed by atoms with Gasteiger partial charge in [0.2, 0.25) is 5.91 Å². The van der Waals surface area contributed by atoms with E-state index in [1.807, 2.05) is 4.90 Å². The lowest BCUT2D eigenvalue weighted by molar-refractivity contribution is -0.127. The number of likely N-dealkylation sites (tertiary alicyclic amines) is 1. The molecule has 1 aliphatic rings. The zero-order valence-corrected chi connectivity index (χ0v) is 13.8.